The Morgan fingerprint density at radius 1 is 1.25 bits per heavy atom. The van der Waals surface area contributed by atoms with Crippen LogP contribution in [0, 0.1) is 0 Å². The van der Waals surface area contributed by atoms with Gasteiger partial charge in [0.2, 0.25) is 0 Å². The summed E-state index contributed by atoms with van der Waals surface area (Å²) in [7, 11) is -0.000626. The lowest BCUT2D eigenvalue weighted by atomic mass is 10.3. The number of hydrogen-bond donors (Lipinski definition) is 0. The summed E-state index contributed by atoms with van der Waals surface area (Å²) in [4.78, 5) is 0. The van der Waals surface area contributed by atoms with Crippen molar-refractivity contribution in [2.45, 2.75) is 31.3 Å². The van der Waals surface area contributed by atoms with E-state index in [2.05, 4.69) is 0 Å². The fourth-order valence-corrected chi connectivity index (χ4v) is 3.86. The predicted molar refractivity (Wildman–Crippen MR) is 44.9 cm³/mol. The molecule has 2 fully saturated rings. The van der Waals surface area contributed by atoms with Gasteiger partial charge in [-0.2, -0.15) is 4.67 Å². The van der Waals surface area contributed by atoms with Crippen molar-refractivity contribution in [2.75, 3.05) is 14.2 Å². The van der Waals surface area contributed by atoms with Crippen molar-refractivity contribution in [2.24, 2.45) is 0 Å². The maximum absolute atomic E-state index is 11.8. The minimum absolute atomic E-state index is 0.468. The van der Waals surface area contributed by atoms with Gasteiger partial charge >= 0.3 is 7.75 Å². The van der Waals surface area contributed by atoms with Gasteiger partial charge in [0, 0.05) is 26.3 Å². The third-order valence-electron chi connectivity index (χ3n) is 2.78. The molecular formula is C7H14NO3P. The van der Waals surface area contributed by atoms with E-state index in [4.69, 9.17) is 9.05 Å². The molecule has 70 valence electrons. The van der Waals surface area contributed by atoms with Crippen LogP contribution in [0.2, 0.25) is 0 Å². The fourth-order valence-electron chi connectivity index (χ4n) is 2.13. The van der Waals surface area contributed by atoms with Crippen molar-refractivity contribution >= 4 is 7.75 Å². The van der Waals surface area contributed by atoms with Crippen LogP contribution in [0.25, 0.3) is 0 Å². The number of piperidine rings is 1. The van der Waals surface area contributed by atoms with Crippen molar-refractivity contribution in [3.63, 3.8) is 0 Å². The molecule has 5 heteroatoms. The first-order valence-electron chi connectivity index (χ1n) is 4.23. The largest absolute Gasteiger partial charge is 0.408 e. The molecule has 0 spiro atoms. The van der Waals surface area contributed by atoms with E-state index in [1.165, 1.54) is 20.6 Å². The maximum Gasteiger partial charge on any atom is 0.408 e. The molecule has 1 saturated heterocycles. The van der Waals surface area contributed by atoms with Crippen LogP contribution in [0.5, 0.6) is 0 Å². The summed E-state index contributed by atoms with van der Waals surface area (Å²) in [5, 5.41) is 0. The third-order valence-corrected chi connectivity index (χ3v) is 4.86. The SMILES string of the molecule is COP(=O)(OC)N1C2CCCC21. The van der Waals surface area contributed by atoms with Gasteiger partial charge in [0.25, 0.3) is 0 Å². The highest BCUT2D eigenvalue weighted by Gasteiger charge is 2.60. The highest BCUT2D eigenvalue weighted by Crippen LogP contribution is 2.64. The molecule has 0 bridgehead atoms. The Balaban J connectivity index is 2.06. The monoisotopic (exact) mass is 191 g/mol. The highest BCUT2D eigenvalue weighted by atomic mass is 31.2. The molecule has 1 aliphatic heterocycles. The van der Waals surface area contributed by atoms with Gasteiger partial charge < -0.3 is 0 Å². The maximum atomic E-state index is 11.8. The van der Waals surface area contributed by atoms with Crippen LogP contribution in [0.15, 0.2) is 0 Å². The average molecular weight is 191 g/mol. The third kappa shape index (κ3) is 1.06. The first-order chi connectivity index (χ1) is 5.73. The van der Waals surface area contributed by atoms with E-state index < -0.39 is 7.75 Å². The summed E-state index contributed by atoms with van der Waals surface area (Å²) < 4.78 is 23.5. The zero-order chi connectivity index (χ0) is 8.77. The van der Waals surface area contributed by atoms with E-state index >= 15 is 0 Å². The van der Waals surface area contributed by atoms with Crippen molar-refractivity contribution in [1.82, 2.24) is 4.67 Å². The molecule has 1 saturated carbocycles. The molecule has 12 heavy (non-hydrogen) atoms. The van der Waals surface area contributed by atoms with Crippen LogP contribution in [-0.2, 0) is 13.6 Å². The second kappa shape index (κ2) is 2.81. The van der Waals surface area contributed by atoms with E-state index in [9.17, 15) is 4.57 Å². The quantitative estimate of drug-likeness (QED) is 0.502. The van der Waals surface area contributed by atoms with Gasteiger partial charge in [0.15, 0.2) is 0 Å². The first kappa shape index (κ1) is 8.70. The Morgan fingerprint density at radius 3 is 2.17 bits per heavy atom. The Labute approximate surface area is 72.4 Å². The molecule has 4 nitrogen and oxygen atoms in total. The molecule has 2 atom stereocenters. The summed E-state index contributed by atoms with van der Waals surface area (Å²) in [5.74, 6) is 0. The molecule has 0 N–H and O–H groups in total. The first-order valence-corrected chi connectivity index (χ1v) is 5.73. The molecule has 2 unspecified atom stereocenters. The van der Waals surface area contributed by atoms with Gasteiger partial charge in [-0.3, -0.25) is 9.05 Å². The summed E-state index contributed by atoms with van der Waals surface area (Å²) in [6.45, 7) is 0. The summed E-state index contributed by atoms with van der Waals surface area (Å²) >= 11 is 0. The van der Waals surface area contributed by atoms with Crippen LogP contribution < -0.4 is 0 Å². The summed E-state index contributed by atoms with van der Waals surface area (Å²) in [5.41, 5.74) is 0. The molecule has 1 aliphatic carbocycles. The topological polar surface area (TPSA) is 38.5 Å². The van der Waals surface area contributed by atoms with Crippen molar-refractivity contribution in [3.8, 4) is 0 Å². The minimum atomic E-state index is -2.89. The molecule has 0 aromatic carbocycles. The Hall–Kier alpha value is 0.110. The molecular weight excluding hydrogens is 177 g/mol. The van der Waals surface area contributed by atoms with E-state index in [-0.39, 0.29) is 0 Å². The molecule has 0 aromatic heterocycles. The number of nitrogens with zero attached hydrogens (tertiary/aromatic N) is 1. The average Bonchev–Trinajstić information content (AvgIpc) is 2.60. The van der Waals surface area contributed by atoms with E-state index in [0.29, 0.717) is 12.1 Å². The van der Waals surface area contributed by atoms with Gasteiger partial charge in [0.05, 0.1) is 0 Å². The van der Waals surface area contributed by atoms with Crippen LogP contribution in [-0.4, -0.2) is 31.0 Å². The normalized spacial score (nSPS) is 39.7. The van der Waals surface area contributed by atoms with Crippen LogP contribution in [0.1, 0.15) is 19.3 Å². The fraction of sp³-hybridized carbons (Fsp3) is 1.00. The lowest BCUT2D eigenvalue weighted by Crippen LogP contribution is -2.06. The Bertz CT molecular complexity index is 215. The second-order valence-corrected chi connectivity index (χ2v) is 5.41. The van der Waals surface area contributed by atoms with Gasteiger partial charge in [0.1, 0.15) is 0 Å². The zero-order valence-corrected chi connectivity index (χ0v) is 8.29. The molecule has 0 amide bonds. The minimum Gasteiger partial charge on any atom is -0.300 e. The van der Waals surface area contributed by atoms with E-state index in [0.717, 1.165) is 12.8 Å². The molecule has 2 rings (SSSR count). The Morgan fingerprint density at radius 2 is 1.75 bits per heavy atom. The lowest BCUT2D eigenvalue weighted by molar-refractivity contribution is 0.238. The second-order valence-electron chi connectivity index (χ2n) is 3.28. The lowest BCUT2D eigenvalue weighted by Gasteiger charge is -2.16. The number of fused-ring (bicyclic) bond motifs is 1. The van der Waals surface area contributed by atoms with Gasteiger partial charge in [-0.1, -0.05) is 6.42 Å². The molecule has 2 aliphatic rings. The zero-order valence-electron chi connectivity index (χ0n) is 7.40. The van der Waals surface area contributed by atoms with Crippen molar-refractivity contribution < 1.29 is 13.6 Å². The highest BCUT2D eigenvalue weighted by molar-refractivity contribution is 7.51. The van der Waals surface area contributed by atoms with Gasteiger partial charge in [-0.15, -0.1) is 0 Å². The summed E-state index contributed by atoms with van der Waals surface area (Å²) in [6, 6.07) is 0.937. The van der Waals surface area contributed by atoms with Crippen LogP contribution in [0.3, 0.4) is 0 Å². The standard InChI is InChI=1S/C7H14NO3P/c1-10-12(9,11-2)8-6-4-3-5-7(6)8/h6-7H,3-5H2,1-2H3. The van der Waals surface area contributed by atoms with Gasteiger partial charge in [-0.25, -0.2) is 4.57 Å². The molecule has 1 heterocycles. The number of rotatable bonds is 3. The molecule has 0 radical (unpaired) electrons. The van der Waals surface area contributed by atoms with E-state index in [1.807, 2.05) is 4.67 Å². The van der Waals surface area contributed by atoms with Crippen molar-refractivity contribution in [1.29, 1.82) is 0 Å². The van der Waals surface area contributed by atoms with Crippen LogP contribution in [0.4, 0.5) is 0 Å². The predicted octanol–water partition coefficient (Wildman–Crippen LogP) is 1.62. The number of hydrogen-bond acceptors (Lipinski definition) is 3. The smallest absolute Gasteiger partial charge is 0.300 e. The Kier molecular flexibility index (Phi) is 2.04. The van der Waals surface area contributed by atoms with E-state index in [1.54, 1.807) is 0 Å². The van der Waals surface area contributed by atoms with Crippen LogP contribution >= 0.6 is 7.75 Å². The van der Waals surface area contributed by atoms with Gasteiger partial charge in [-0.05, 0) is 12.8 Å². The van der Waals surface area contributed by atoms with Crippen molar-refractivity contribution in [3.05, 3.63) is 0 Å². The summed E-state index contributed by atoms with van der Waals surface area (Å²) in [6.07, 6.45) is 3.53. The molecule has 0 aromatic rings.